The molecule has 1 aliphatic rings. The van der Waals surface area contributed by atoms with E-state index < -0.39 is 6.03 Å². The summed E-state index contributed by atoms with van der Waals surface area (Å²) in [4.78, 5) is 36.7. The maximum absolute atomic E-state index is 11.5. The molecule has 1 fully saturated rings. The first-order valence-electron chi connectivity index (χ1n) is 5.74. The molecule has 6 nitrogen and oxygen atoms in total. The Morgan fingerprint density at radius 1 is 1.41 bits per heavy atom. The molecule has 0 aromatic heterocycles. The molecule has 0 spiro atoms. The second kappa shape index (κ2) is 5.65. The summed E-state index contributed by atoms with van der Waals surface area (Å²) in [6, 6.07) is -0.408. The van der Waals surface area contributed by atoms with Crippen molar-refractivity contribution in [2.45, 2.75) is 20.3 Å². The van der Waals surface area contributed by atoms with Crippen LogP contribution in [0.5, 0.6) is 0 Å². The molecule has 0 saturated carbocycles. The third-order valence-electron chi connectivity index (χ3n) is 2.58. The minimum Gasteiger partial charge on any atom is -0.355 e. The highest BCUT2D eigenvalue weighted by atomic mass is 16.2. The summed E-state index contributed by atoms with van der Waals surface area (Å²) in [7, 11) is 1.54. The van der Waals surface area contributed by atoms with Crippen molar-refractivity contribution in [1.82, 2.24) is 15.1 Å². The van der Waals surface area contributed by atoms with Crippen LogP contribution in [-0.4, -0.2) is 54.3 Å². The van der Waals surface area contributed by atoms with Crippen molar-refractivity contribution in [2.75, 3.05) is 26.7 Å². The van der Waals surface area contributed by atoms with Crippen molar-refractivity contribution in [3.05, 3.63) is 0 Å². The number of amides is 4. The topological polar surface area (TPSA) is 69.7 Å². The van der Waals surface area contributed by atoms with Crippen LogP contribution in [0.25, 0.3) is 0 Å². The highest BCUT2D eigenvalue weighted by molar-refractivity contribution is 6.04. The molecule has 6 heteroatoms. The molecule has 17 heavy (non-hydrogen) atoms. The van der Waals surface area contributed by atoms with Crippen LogP contribution >= 0.6 is 0 Å². The molecule has 1 N–H and O–H groups in total. The van der Waals surface area contributed by atoms with Gasteiger partial charge < -0.3 is 10.2 Å². The number of rotatable bonds is 5. The number of hydrogen-bond donors (Lipinski definition) is 1. The van der Waals surface area contributed by atoms with Gasteiger partial charge in [0.2, 0.25) is 5.91 Å². The standard InChI is InChI=1S/C11H19N3O3/c1-8(2)4-5-12-9(15)6-14-10(16)7-13(3)11(14)17/h8H,4-7H2,1-3H3,(H,12,15). The number of nitrogens with one attached hydrogen (secondary N) is 1. The van der Waals surface area contributed by atoms with E-state index in [9.17, 15) is 14.4 Å². The third-order valence-corrected chi connectivity index (χ3v) is 2.58. The molecule has 0 unspecified atom stereocenters. The van der Waals surface area contributed by atoms with Gasteiger partial charge in [0, 0.05) is 13.6 Å². The number of urea groups is 1. The second-order valence-corrected chi connectivity index (χ2v) is 4.65. The van der Waals surface area contributed by atoms with Crippen LogP contribution in [0.15, 0.2) is 0 Å². The van der Waals surface area contributed by atoms with Gasteiger partial charge in [-0.1, -0.05) is 13.8 Å². The van der Waals surface area contributed by atoms with Crippen molar-refractivity contribution >= 4 is 17.8 Å². The van der Waals surface area contributed by atoms with Crippen LogP contribution in [0.1, 0.15) is 20.3 Å². The minimum absolute atomic E-state index is 0.0537. The van der Waals surface area contributed by atoms with E-state index in [1.54, 1.807) is 0 Å². The second-order valence-electron chi connectivity index (χ2n) is 4.65. The Morgan fingerprint density at radius 2 is 2.06 bits per heavy atom. The molecule has 1 rings (SSSR count). The molecule has 0 bridgehead atoms. The molecule has 1 aliphatic heterocycles. The third kappa shape index (κ3) is 3.72. The first kappa shape index (κ1) is 13.5. The number of imide groups is 1. The highest BCUT2D eigenvalue weighted by Crippen LogP contribution is 2.06. The zero-order valence-corrected chi connectivity index (χ0v) is 10.5. The van der Waals surface area contributed by atoms with Crippen molar-refractivity contribution in [1.29, 1.82) is 0 Å². The van der Waals surface area contributed by atoms with Crippen LogP contribution < -0.4 is 5.32 Å². The summed E-state index contributed by atoms with van der Waals surface area (Å²) >= 11 is 0. The van der Waals surface area contributed by atoms with E-state index in [0.29, 0.717) is 12.5 Å². The monoisotopic (exact) mass is 241 g/mol. The minimum atomic E-state index is -0.408. The fraction of sp³-hybridized carbons (Fsp3) is 0.727. The lowest BCUT2D eigenvalue weighted by molar-refractivity contribution is -0.130. The molecule has 0 atom stereocenters. The predicted molar refractivity (Wildman–Crippen MR) is 62.2 cm³/mol. The fourth-order valence-electron chi connectivity index (χ4n) is 1.52. The smallest absolute Gasteiger partial charge is 0.327 e. The predicted octanol–water partition coefficient (Wildman–Crippen LogP) is 0.0427. The van der Waals surface area contributed by atoms with Crippen molar-refractivity contribution in [3.8, 4) is 0 Å². The molecular weight excluding hydrogens is 222 g/mol. The SMILES string of the molecule is CC(C)CCNC(=O)CN1C(=O)CN(C)C1=O. The van der Waals surface area contributed by atoms with Gasteiger partial charge >= 0.3 is 6.03 Å². The number of nitrogens with zero attached hydrogens (tertiary/aromatic N) is 2. The molecule has 1 saturated heterocycles. The van der Waals surface area contributed by atoms with E-state index in [0.717, 1.165) is 11.3 Å². The van der Waals surface area contributed by atoms with E-state index >= 15 is 0 Å². The fourth-order valence-corrected chi connectivity index (χ4v) is 1.52. The Balaban J connectivity index is 2.36. The number of hydrogen-bond acceptors (Lipinski definition) is 3. The molecule has 4 amide bonds. The Labute approximate surface area is 101 Å². The van der Waals surface area contributed by atoms with Crippen LogP contribution in [0, 0.1) is 5.92 Å². The Morgan fingerprint density at radius 3 is 2.53 bits per heavy atom. The zero-order valence-electron chi connectivity index (χ0n) is 10.5. The van der Waals surface area contributed by atoms with Gasteiger partial charge in [-0.2, -0.15) is 0 Å². The molecular formula is C11H19N3O3. The summed E-state index contributed by atoms with van der Waals surface area (Å²) in [5, 5.41) is 2.69. The lowest BCUT2D eigenvalue weighted by Gasteiger charge is -2.14. The molecule has 0 aromatic carbocycles. The van der Waals surface area contributed by atoms with Gasteiger partial charge in [-0.25, -0.2) is 4.79 Å². The number of carbonyl (C=O) groups is 3. The summed E-state index contributed by atoms with van der Waals surface area (Å²) in [5.74, 6) is -0.101. The van der Waals surface area contributed by atoms with Gasteiger partial charge in [-0.15, -0.1) is 0 Å². The van der Waals surface area contributed by atoms with E-state index in [2.05, 4.69) is 19.2 Å². The number of carbonyl (C=O) groups excluding carboxylic acids is 3. The van der Waals surface area contributed by atoms with E-state index in [4.69, 9.17) is 0 Å². The van der Waals surface area contributed by atoms with Crippen LogP contribution in [0.4, 0.5) is 4.79 Å². The van der Waals surface area contributed by atoms with E-state index in [-0.39, 0.29) is 24.9 Å². The maximum atomic E-state index is 11.5. The Bertz CT molecular complexity index is 328. The summed E-state index contributed by atoms with van der Waals surface area (Å²) in [6.07, 6.45) is 0.882. The van der Waals surface area contributed by atoms with Crippen molar-refractivity contribution in [3.63, 3.8) is 0 Å². The first-order chi connectivity index (χ1) is 7.91. The quantitative estimate of drug-likeness (QED) is 0.691. The maximum Gasteiger partial charge on any atom is 0.327 e. The molecule has 96 valence electrons. The van der Waals surface area contributed by atoms with Gasteiger partial charge in [0.15, 0.2) is 0 Å². The summed E-state index contributed by atoms with van der Waals surface area (Å²) in [6.45, 7) is 4.57. The normalized spacial score (nSPS) is 16.0. The molecule has 0 aromatic rings. The van der Waals surface area contributed by atoms with Crippen molar-refractivity contribution in [2.24, 2.45) is 5.92 Å². The van der Waals surface area contributed by atoms with Crippen LogP contribution in [0.3, 0.4) is 0 Å². The Kier molecular flexibility index (Phi) is 4.48. The first-order valence-corrected chi connectivity index (χ1v) is 5.74. The van der Waals surface area contributed by atoms with Crippen LogP contribution in [-0.2, 0) is 9.59 Å². The van der Waals surface area contributed by atoms with E-state index in [1.807, 2.05) is 0 Å². The highest BCUT2D eigenvalue weighted by Gasteiger charge is 2.34. The van der Waals surface area contributed by atoms with Crippen LogP contribution in [0.2, 0.25) is 0 Å². The van der Waals surface area contributed by atoms with E-state index in [1.165, 1.54) is 11.9 Å². The Hall–Kier alpha value is -1.59. The van der Waals surface area contributed by atoms with Crippen molar-refractivity contribution < 1.29 is 14.4 Å². The van der Waals surface area contributed by atoms with Gasteiger partial charge in [-0.05, 0) is 12.3 Å². The molecule has 0 radical (unpaired) electrons. The van der Waals surface area contributed by atoms with Gasteiger partial charge in [0.05, 0.1) is 0 Å². The average Bonchev–Trinajstić information content (AvgIpc) is 2.44. The zero-order chi connectivity index (χ0) is 13.0. The molecule has 1 heterocycles. The summed E-state index contributed by atoms with van der Waals surface area (Å²) < 4.78 is 0. The lowest BCUT2D eigenvalue weighted by atomic mass is 10.1. The van der Waals surface area contributed by atoms with Gasteiger partial charge in [0.1, 0.15) is 13.1 Å². The molecule has 0 aliphatic carbocycles. The lowest BCUT2D eigenvalue weighted by Crippen LogP contribution is -2.41. The largest absolute Gasteiger partial charge is 0.355 e. The number of likely N-dealkylation sites (N-methyl/N-ethyl adjacent to an activating group) is 1. The average molecular weight is 241 g/mol. The summed E-state index contributed by atoms with van der Waals surface area (Å²) in [5.41, 5.74) is 0. The van der Waals surface area contributed by atoms with Gasteiger partial charge in [-0.3, -0.25) is 14.5 Å². The van der Waals surface area contributed by atoms with Gasteiger partial charge in [0.25, 0.3) is 5.91 Å².